The molecule has 19 heavy (non-hydrogen) atoms. The highest BCUT2D eigenvalue weighted by atomic mass is 16.4. The van der Waals surface area contributed by atoms with Gasteiger partial charge in [-0.3, -0.25) is 0 Å². The molecular formula is C16H21NO2. The molecule has 1 fully saturated rings. The summed E-state index contributed by atoms with van der Waals surface area (Å²) in [5.74, 6) is -0.823. The van der Waals surface area contributed by atoms with Crippen molar-refractivity contribution in [3.05, 3.63) is 41.0 Å². The number of aryl methyl sites for hydroxylation is 2. The summed E-state index contributed by atoms with van der Waals surface area (Å²) in [7, 11) is 0. The number of carboxylic acids is 1. The van der Waals surface area contributed by atoms with Crippen molar-refractivity contribution in [2.24, 2.45) is 0 Å². The maximum absolute atomic E-state index is 10.6. The molecule has 0 aromatic heterocycles. The van der Waals surface area contributed by atoms with Gasteiger partial charge in [-0.1, -0.05) is 17.7 Å². The molecule has 1 saturated carbocycles. The Balaban J connectivity index is 1.96. The Morgan fingerprint density at radius 3 is 2.63 bits per heavy atom. The van der Waals surface area contributed by atoms with Gasteiger partial charge in [0.05, 0.1) is 0 Å². The van der Waals surface area contributed by atoms with Crippen molar-refractivity contribution in [3.63, 3.8) is 0 Å². The third kappa shape index (κ3) is 3.85. The van der Waals surface area contributed by atoms with Crippen molar-refractivity contribution < 1.29 is 9.90 Å². The lowest BCUT2D eigenvalue weighted by Gasteiger charge is -2.26. The molecule has 1 aliphatic rings. The maximum Gasteiger partial charge on any atom is 0.328 e. The Labute approximate surface area is 114 Å². The lowest BCUT2D eigenvalue weighted by molar-refractivity contribution is -0.131. The van der Waals surface area contributed by atoms with Gasteiger partial charge in [-0.05, 0) is 56.7 Å². The largest absolute Gasteiger partial charge is 0.478 e. The third-order valence-corrected chi connectivity index (χ3v) is 3.71. The van der Waals surface area contributed by atoms with Crippen LogP contribution in [0.2, 0.25) is 0 Å². The average Bonchev–Trinajstić information content (AvgIpc) is 2.35. The van der Waals surface area contributed by atoms with Crippen LogP contribution < -0.4 is 5.32 Å². The maximum atomic E-state index is 10.6. The first kappa shape index (κ1) is 13.7. The number of aliphatic carboxylic acids is 1. The predicted octanol–water partition coefficient (Wildman–Crippen LogP) is 3.67. The number of rotatable bonds is 3. The van der Waals surface area contributed by atoms with Gasteiger partial charge in [0.2, 0.25) is 0 Å². The number of nitrogens with one attached hydrogen (secondary N) is 1. The Morgan fingerprint density at radius 2 is 2.00 bits per heavy atom. The van der Waals surface area contributed by atoms with Gasteiger partial charge in [0.1, 0.15) is 0 Å². The summed E-state index contributed by atoms with van der Waals surface area (Å²) in [6.07, 6.45) is 5.15. The summed E-state index contributed by atoms with van der Waals surface area (Å²) in [5, 5.41) is 12.3. The van der Waals surface area contributed by atoms with Crippen LogP contribution in [0.1, 0.15) is 36.8 Å². The topological polar surface area (TPSA) is 49.3 Å². The van der Waals surface area contributed by atoms with E-state index in [2.05, 4.69) is 37.4 Å². The highest BCUT2D eigenvalue weighted by Crippen LogP contribution is 2.27. The fourth-order valence-corrected chi connectivity index (χ4v) is 2.56. The highest BCUT2D eigenvalue weighted by Gasteiger charge is 2.17. The number of carbonyl (C=O) groups is 1. The van der Waals surface area contributed by atoms with Crippen LogP contribution in [0, 0.1) is 13.8 Å². The van der Waals surface area contributed by atoms with Gasteiger partial charge >= 0.3 is 5.97 Å². The molecular weight excluding hydrogens is 238 g/mol. The second kappa shape index (κ2) is 5.91. The number of benzene rings is 1. The van der Waals surface area contributed by atoms with Crippen LogP contribution in [0.25, 0.3) is 0 Å². The first-order valence-electron chi connectivity index (χ1n) is 6.81. The molecule has 0 amide bonds. The van der Waals surface area contributed by atoms with E-state index >= 15 is 0 Å². The first-order valence-corrected chi connectivity index (χ1v) is 6.81. The van der Waals surface area contributed by atoms with Crippen LogP contribution in [0.15, 0.2) is 29.8 Å². The normalized spacial score (nSPS) is 19.1. The van der Waals surface area contributed by atoms with Crippen molar-refractivity contribution in [2.75, 3.05) is 5.32 Å². The van der Waals surface area contributed by atoms with Crippen molar-refractivity contribution >= 4 is 11.7 Å². The monoisotopic (exact) mass is 259 g/mol. The van der Waals surface area contributed by atoms with Gasteiger partial charge in [-0.15, -0.1) is 0 Å². The van der Waals surface area contributed by atoms with E-state index in [0.29, 0.717) is 6.04 Å². The van der Waals surface area contributed by atoms with Crippen LogP contribution in [0.4, 0.5) is 5.69 Å². The average molecular weight is 259 g/mol. The van der Waals surface area contributed by atoms with Crippen molar-refractivity contribution in [2.45, 2.75) is 45.6 Å². The number of hydrogen-bond acceptors (Lipinski definition) is 2. The fourth-order valence-electron chi connectivity index (χ4n) is 2.56. The fraction of sp³-hybridized carbons (Fsp3) is 0.438. The molecule has 0 heterocycles. The van der Waals surface area contributed by atoms with E-state index < -0.39 is 5.97 Å². The minimum absolute atomic E-state index is 0.450. The molecule has 3 nitrogen and oxygen atoms in total. The van der Waals surface area contributed by atoms with E-state index in [1.807, 2.05) is 0 Å². The molecule has 0 bridgehead atoms. The SMILES string of the molecule is Cc1ccc(C)c(NC2CCC(=CC(=O)O)CC2)c1. The molecule has 1 aromatic carbocycles. The van der Waals surface area contributed by atoms with Crippen LogP contribution in [0.3, 0.4) is 0 Å². The van der Waals surface area contributed by atoms with Crippen LogP contribution >= 0.6 is 0 Å². The standard InChI is InChI=1S/C16H21NO2/c1-11-3-4-12(2)15(9-11)17-14-7-5-13(6-8-14)10-16(18)19/h3-4,9-10,14,17H,5-8H2,1-2H3,(H,18,19). The summed E-state index contributed by atoms with van der Waals surface area (Å²) in [6.45, 7) is 4.21. The quantitative estimate of drug-likeness (QED) is 0.814. The van der Waals surface area contributed by atoms with Crippen molar-refractivity contribution in [1.82, 2.24) is 0 Å². The number of anilines is 1. The van der Waals surface area contributed by atoms with E-state index in [9.17, 15) is 4.79 Å². The number of carboxylic acid groups (broad SMARTS) is 1. The van der Waals surface area contributed by atoms with E-state index in [1.54, 1.807) is 0 Å². The lowest BCUT2D eigenvalue weighted by atomic mass is 9.90. The Bertz CT molecular complexity index is 495. The second-order valence-corrected chi connectivity index (χ2v) is 5.38. The summed E-state index contributed by atoms with van der Waals surface area (Å²) in [6, 6.07) is 6.88. The highest BCUT2D eigenvalue weighted by molar-refractivity contribution is 5.80. The predicted molar refractivity (Wildman–Crippen MR) is 77.5 cm³/mol. The van der Waals surface area contributed by atoms with Gasteiger partial charge in [0.15, 0.2) is 0 Å². The van der Waals surface area contributed by atoms with E-state index in [-0.39, 0.29) is 0 Å². The molecule has 0 atom stereocenters. The van der Waals surface area contributed by atoms with E-state index in [0.717, 1.165) is 31.3 Å². The second-order valence-electron chi connectivity index (χ2n) is 5.38. The molecule has 0 spiro atoms. The minimum Gasteiger partial charge on any atom is -0.478 e. The molecule has 2 N–H and O–H groups in total. The first-order chi connectivity index (χ1) is 9.04. The van der Waals surface area contributed by atoms with E-state index in [1.165, 1.54) is 22.9 Å². The molecule has 0 unspecified atom stereocenters. The molecule has 1 aromatic rings. The van der Waals surface area contributed by atoms with Crippen LogP contribution in [-0.4, -0.2) is 17.1 Å². The van der Waals surface area contributed by atoms with Crippen molar-refractivity contribution in [3.8, 4) is 0 Å². The van der Waals surface area contributed by atoms with Crippen LogP contribution in [0.5, 0.6) is 0 Å². The molecule has 0 aliphatic heterocycles. The van der Waals surface area contributed by atoms with Crippen molar-refractivity contribution in [1.29, 1.82) is 0 Å². The summed E-state index contributed by atoms with van der Waals surface area (Å²) >= 11 is 0. The summed E-state index contributed by atoms with van der Waals surface area (Å²) < 4.78 is 0. The zero-order valence-corrected chi connectivity index (χ0v) is 11.6. The van der Waals surface area contributed by atoms with Crippen LogP contribution in [-0.2, 0) is 4.79 Å². The minimum atomic E-state index is -0.823. The zero-order valence-electron chi connectivity index (χ0n) is 11.6. The molecule has 2 rings (SSSR count). The summed E-state index contributed by atoms with van der Waals surface area (Å²) in [4.78, 5) is 10.6. The number of allylic oxidation sites excluding steroid dienone is 1. The smallest absolute Gasteiger partial charge is 0.328 e. The third-order valence-electron chi connectivity index (χ3n) is 3.71. The van der Waals surface area contributed by atoms with Gasteiger partial charge in [-0.2, -0.15) is 0 Å². The van der Waals surface area contributed by atoms with Gasteiger partial charge in [0, 0.05) is 17.8 Å². The van der Waals surface area contributed by atoms with E-state index in [4.69, 9.17) is 5.11 Å². The molecule has 0 saturated heterocycles. The zero-order chi connectivity index (χ0) is 13.8. The molecule has 1 aliphatic carbocycles. The van der Waals surface area contributed by atoms with Gasteiger partial charge in [-0.25, -0.2) is 4.79 Å². The molecule has 3 heteroatoms. The Hall–Kier alpha value is -1.77. The Kier molecular flexibility index (Phi) is 4.25. The molecule has 102 valence electrons. The Morgan fingerprint density at radius 1 is 1.32 bits per heavy atom. The summed E-state index contributed by atoms with van der Waals surface area (Å²) in [5.41, 5.74) is 4.79. The molecule has 0 radical (unpaired) electrons. The lowest BCUT2D eigenvalue weighted by Crippen LogP contribution is -2.23. The van der Waals surface area contributed by atoms with Gasteiger partial charge in [0.25, 0.3) is 0 Å². The van der Waals surface area contributed by atoms with Gasteiger partial charge < -0.3 is 10.4 Å². The number of hydrogen-bond donors (Lipinski definition) is 2.